The van der Waals surface area contributed by atoms with Gasteiger partial charge in [0, 0.05) is 11.4 Å². The van der Waals surface area contributed by atoms with Crippen molar-refractivity contribution < 1.29 is 14.4 Å². The van der Waals surface area contributed by atoms with Gasteiger partial charge in [0.05, 0.1) is 5.52 Å². The highest BCUT2D eigenvalue weighted by Crippen LogP contribution is 2.42. The summed E-state index contributed by atoms with van der Waals surface area (Å²) >= 11 is 6.10. The Kier molecular flexibility index (Phi) is 5.49. The summed E-state index contributed by atoms with van der Waals surface area (Å²) in [5, 5.41) is 7.66. The molecule has 3 fully saturated rings. The van der Waals surface area contributed by atoms with E-state index in [1.54, 1.807) is 30.3 Å². The Morgan fingerprint density at radius 2 is 1.82 bits per heavy atom. The van der Waals surface area contributed by atoms with E-state index < -0.39 is 17.9 Å². The number of para-hydroxylation sites is 1. The lowest BCUT2D eigenvalue weighted by Crippen LogP contribution is -2.62. The second-order valence-corrected chi connectivity index (χ2v) is 8.93. The van der Waals surface area contributed by atoms with Gasteiger partial charge in [-0.1, -0.05) is 35.9 Å². The van der Waals surface area contributed by atoms with Crippen LogP contribution in [0.3, 0.4) is 0 Å². The molecule has 3 N–H and O–H groups in total. The number of amides is 3. The van der Waals surface area contributed by atoms with Crippen LogP contribution in [0.5, 0.6) is 0 Å². The summed E-state index contributed by atoms with van der Waals surface area (Å²) in [7, 11) is 0. The molecule has 2 aliphatic heterocycles. The minimum atomic E-state index is -0.677. The van der Waals surface area contributed by atoms with Gasteiger partial charge in [-0.25, -0.2) is 4.98 Å². The molecule has 2 bridgehead atoms. The fourth-order valence-electron chi connectivity index (χ4n) is 5.18. The molecule has 4 heterocycles. The van der Waals surface area contributed by atoms with Crippen LogP contribution in [0, 0.1) is 5.92 Å². The average molecular weight is 467 g/mol. The van der Waals surface area contributed by atoms with Crippen LogP contribution in [0.4, 0.5) is 5.82 Å². The zero-order valence-corrected chi connectivity index (χ0v) is 18.5. The Morgan fingerprint density at radius 1 is 1.06 bits per heavy atom. The third-order valence-corrected chi connectivity index (χ3v) is 6.77. The summed E-state index contributed by atoms with van der Waals surface area (Å²) in [6.07, 6.45) is 3.82. The maximum absolute atomic E-state index is 13.3. The second kappa shape index (κ2) is 8.47. The summed E-state index contributed by atoms with van der Waals surface area (Å²) in [6, 6.07) is 12.0. The summed E-state index contributed by atoms with van der Waals surface area (Å²) in [6.45, 7) is -0.213. The van der Waals surface area contributed by atoms with Crippen LogP contribution in [0.2, 0.25) is 5.15 Å². The van der Waals surface area contributed by atoms with Gasteiger partial charge in [-0.3, -0.25) is 24.4 Å². The minimum absolute atomic E-state index is 0.0903. The number of nitrogens with one attached hydrogen (secondary N) is 1. The van der Waals surface area contributed by atoms with E-state index in [1.807, 2.05) is 17.0 Å². The third kappa shape index (κ3) is 3.93. The third-order valence-electron chi connectivity index (χ3n) is 6.56. The number of piperidine rings is 2. The highest BCUT2D eigenvalue weighted by molar-refractivity contribution is 6.29. The SMILES string of the molecule is NC(=O)c1nn(CC(=O)NC(=O)C2C3CCC(CC3)N2c2cccc(Cl)n2)c2ccccc12. The smallest absolute Gasteiger partial charge is 0.269 e. The molecule has 9 nitrogen and oxygen atoms in total. The first-order valence-electron chi connectivity index (χ1n) is 10.9. The largest absolute Gasteiger partial charge is 0.364 e. The van der Waals surface area contributed by atoms with Crippen LogP contribution >= 0.6 is 11.6 Å². The van der Waals surface area contributed by atoms with Gasteiger partial charge in [0.25, 0.3) is 5.91 Å². The summed E-state index contributed by atoms with van der Waals surface area (Å²) < 4.78 is 1.39. The first-order valence-corrected chi connectivity index (χ1v) is 11.3. The molecule has 3 aliphatic rings. The van der Waals surface area contributed by atoms with Gasteiger partial charge < -0.3 is 10.6 Å². The molecule has 6 rings (SSSR count). The average Bonchev–Trinajstić information content (AvgIpc) is 3.18. The summed E-state index contributed by atoms with van der Waals surface area (Å²) in [5.41, 5.74) is 6.11. The number of carbonyl (C=O) groups is 3. The van der Waals surface area contributed by atoms with E-state index in [1.165, 1.54) is 4.68 Å². The van der Waals surface area contributed by atoms with E-state index in [0.717, 1.165) is 25.7 Å². The van der Waals surface area contributed by atoms with Crippen LogP contribution in [-0.2, 0) is 16.1 Å². The van der Waals surface area contributed by atoms with Crippen LogP contribution in [0.25, 0.3) is 10.9 Å². The van der Waals surface area contributed by atoms with Crippen molar-refractivity contribution in [3.05, 3.63) is 53.3 Å². The number of carbonyl (C=O) groups excluding carboxylic acids is 3. The molecule has 0 radical (unpaired) electrons. The fourth-order valence-corrected chi connectivity index (χ4v) is 5.34. The number of imide groups is 1. The highest BCUT2D eigenvalue weighted by Gasteiger charge is 2.46. The molecule has 33 heavy (non-hydrogen) atoms. The van der Waals surface area contributed by atoms with Gasteiger partial charge in [0.15, 0.2) is 5.69 Å². The van der Waals surface area contributed by atoms with Crippen molar-refractivity contribution in [3.8, 4) is 0 Å². The maximum atomic E-state index is 13.3. The van der Waals surface area contributed by atoms with Crippen molar-refractivity contribution >= 4 is 46.0 Å². The summed E-state index contributed by atoms with van der Waals surface area (Å²) in [5.74, 6) is -0.763. The van der Waals surface area contributed by atoms with Crippen molar-refractivity contribution in [1.29, 1.82) is 0 Å². The van der Waals surface area contributed by atoms with E-state index >= 15 is 0 Å². The van der Waals surface area contributed by atoms with Crippen molar-refractivity contribution in [1.82, 2.24) is 20.1 Å². The predicted molar refractivity (Wildman–Crippen MR) is 123 cm³/mol. The molecule has 0 spiro atoms. The minimum Gasteiger partial charge on any atom is -0.364 e. The molecule has 3 amide bonds. The number of fused-ring (bicyclic) bond motifs is 4. The molecule has 1 aliphatic carbocycles. The number of halogens is 1. The molecular weight excluding hydrogens is 444 g/mol. The van der Waals surface area contributed by atoms with Gasteiger partial charge in [-0.15, -0.1) is 0 Å². The Morgan fingerprint density at radius 3 is 2.55 bits per heavy atom. The van der Waals surface area contributed by atoms with Gasteiger partial charge in [-0.2, -0.15) is 5.10 Å². The number of benzene rings is 1. The molecule has 3 aromatic rings. The van der Waals surface area contributed by atoms with Gasteiger partial charge in [0.1, 0.15) is 23.6 Å². The monoisotopic (exact) mass is 466 g/mol. The molecule has 2 saturated heterocycles. The molecule has 1 aromatic carbocycles. The van der Waals surface area contributed by atoms with Crippen LogP contribution in [0.15, 0.2) is 42.5 Å². The van der Waals surface area contributed by atoms with Crippen molar-refractivity contribution in [2.45, 2.75) is 44.3 Å². The highest BCUT2D eigenvalue weighted by atomic mass is 35.5. The van der Waals surface area contributed by atoms with Crippen molar-refractivity contribution in [3.63, 3.8) is 0 Å². The topological polar surface area (TPSA) is 123 Å². The van der Waals surface area contributed by atoms with E-state index in [-0.39, 0.29) is 30.1 Å². The van der Waals surface area contributed by atoms with Crippen molar-refractivity contribution in [2.75, 3.05) is 4.90 Å². The molecule has 1 unspecified atom stereocenters. The molecule has 2 aromatic heterocycles. The van der Waals surface area contributed by atoms with Gasteiger partial charge in [0.2, 0.25) is 11.8 Å². The van der Waals surface area contributed by atoms with E-state index in [4.69, 9.17) is 17.3 Å². The van der Waals surface area contributed by atoms with Gasteiger partial charge >= 0.3 is 0 Å². The predicted octanol–water partition coefficient (Wildman–Crippen LogP) is 2.27. The van der Waals surface area contributed by atoms with Crippen molar-refractivity contribution in [2.24, 2.45) is 11.7 Å². The van der Waals surface area contributed by atoms with Crippen LogP contribution < -0.4 is 16.0 Å². The lowest BCUT2D eigenvalue weighted by Gasteiger charge is -2.51. The molecule has 10 heteroatoms. The number of rotatable bonds is 5. The first-order chi connectivity index (χ1) is 15.9. The standard InChI is InChI=1S/C23H23ClN6O3/c24-17-6-3-7-18(26-17)30-14-10-8-13(9-11-14)21(30)23(33)27-19(31)12-29-16-5-2-1-4-15(16)20(28-29)22(25)32/h1-7,13-14,21H,8-12H2,(H2,25,32)(H,27,31,33). The fraction of sp³-hybridized carbons (Fsp3) is 0.348. The molecular formula is C23H23ClN6O3. The lowest BCUT2D eigenvalue weighted by atomic mass is 9.74. The number of nitrogens with two attached hydrogens (primary N) is 1. The van der Waals surface area contributed by atoms with E-state index in [9.17, 15) is 14.4 Å². The lowest BCUT2D eigenvalue weighted by molar-refractivity contribution is -0.133. The number of hydrogen-bond donors (Lipinski definition) is 2. The number of pyridine rings is 1. The Balaban J connectivity index is 1.37. The van der Waals surface area contributed by atoms with E-state index in [0.29, 0.717) is 21.9 Å². The number of hydrogen-bond acceptors (Lipinski definition) is 6. The normalized spacial score (nSPS) is 21.8. The van der Waals surface area contributed by atoms with Crippen LogP contribution in [-0.4, -0.2) is 44.6 Å². The Hall–Kier alpha value is -3.46. The molecule has 1 saturated carbocycles. The Labute approximate surface area is 194 Å². The maximum Gasteiger partial charge on any atom is 0.269 e. The van der Waals surface area contributed by atoms with E-state index in [2.05, 4.69) is 15.4 Å². The zero-order chi connectivity index (χ0) is 23.1. The molecule has 1 atom stereocenters. The summed E-state index contributed by atoms with van der Waals surface area (Å²) in [4.78, 5) is 44.3. The zero-order valence-electron chi connectivity index (χ0n) is 17.8. The van der Waals surface area contributed by atoms with Crippen LogP contribution in [0.1, 0.15) is 36.2 Å². The van der Waals surface area contributed by atoms with Gasteiger partial charge in [-0.05, 0) is 49.8 Å². The number of anilines is 1. The second-order valence-electron chi connectivity index (χ2n) is 8.54. The first kappa shape index (κ1) is 21.4. The quantitative estimate of drug-likeness (QED) is 0.556. The number of nitrogens with zero attached hydrogens (tertiary/aromatic N) is 4. The number of primary amides is 1. The molecule has 170 valence electrons. The Bertz CT molecular complexity index is 1250. The number of aromatic nitrogens is 3.